The topological polar surface area (TPSA) is 15.3 Å². The van der Waals surface area contributed by atoms with Crippen molar-refractivity contribution in [1.82, 2.24) is 10.2 Å². The van der Waals surface area contributed by atoms with Crippen LogP contribution >= 0.6 is 0 Å². The molecular weight excluding hydrogens is 220 g/mol. The summed E-state index contributed by atoms with van der Waals surface area (Å²) < 4.78 is 0. The molecule has 1 N–H and O–H groups in total. The summed E-state index contributed by atoms with van der Waals surface area (Å²) >= 11 is 0. The van der Waals surface area contributed by atoms with E-state index >= 15 is 0 Å². The summed E-state index contributed by atoms with van der Waals surface area (Å²) in [6.07, 6.45) is 5.56. The van der Waals surface area contributed by atoms with E-state index in [-0.39, 0.29) is 0 Å². The van der Waals surface area contributed by atoms with Crippen molar-refractivity contribution in [2.24, 2.45) is 11.8 Å². The van der Waals surface area contributed by atoms with Crippen molar-refractivity contribution in [2.75, 3.05) is 32.7 Å². The number of rotatable bonds is 7. The summed E-state index contributed by atoms with van der Waals surface area (Å²) in [4.78, 5) is 2.62. The number of nitrogens with zero attached hydrogens (tertiary/aromatic N) is 1. The van der Waals surface area contributed by atoms with Crippen LogP contribution in [0.2, 0.25) is 0 Å². The third-order valence-corrected chi connectivity index (χ3v) is 4.00. The Bertz CT molecular complexity index is 160. The number of piperazine rings is 1. The Morgan fingerprint density at radius 3 is 2.06 bits per heavy atom. The first-order valence-electron chi connectivity index (χ1n) is 8.19. The molecule has 0 unspecified atom stereocenters. The minimum Gasteiger partial charge on any atom is -0.314 e. The lowest BCUT2D eigenvalue weighted by atomic mass is 9.93. The van der Waals surface area contributed by atoms with Crippen molar-refractivity contribution in [1.29, 1.82) is 0 Å². The van der Waals surface area contributed by atoms with E-state index in [4.69, 9.17) is 0 Å². The zero-order chi connectivity index (χ0) is 13.8. The fourth-order valence-corrected chi connectivity index (χ4v) is 2.64. The molecule has 0 spiro atoms. The van der Waals surface area contributed by atoms with Crippen LogP contribution in [0.4, 0.5) is 0 Å². The third kappa shape index (κ3) is 8.10. The molecule has 1 fully saturated rings. The Balaban J connectivity index is 0.00000137. The van der Waals surface area contributed by atoms with Gasteiger partial charge in [0.25, 0.3) is 0 Å². The van der Waals surface area contributed by atoms with Gasteiger partial charge in [-0.3, -0.25) is 0 Å². The monoisotopic (exact) mass is 256 g/mol. The second-order valence-corrected chi connectivity index (χ2v) is 5.42. The maximum atomic E-state index is 3.41. The molecule has 0 amide bonds. The Hall–Kier alpha value is -0.0800. The highest BCUT2D eigenvalue weighted by molar-refractivity contribution is 4.70. The molecule has 0 aliphatic carbocycles. The van der Waals surface area contributed by atoms with Gasteiger partial charge in [-0.2, -0.15) is 0 Å². The summed E-state index contributed by atoms with van der Waals surface area (Å²) in [5.74, 6) is 1.84. The van der Waals surface area contributed by atoms with Gasteiger partial charge in [0.15, 0.2) is 0 Å². The van der Waals surface area contributed by atoms with Crippen molar-refractivity contribution in [2.45, 2.75) is 60.3 Å². The molecule has 1 rings (SSSR count). The summed E-state index contributed by atoms with van der Waals surface area (Å²) in [7, 11) is 0. The summed E-state index contributed by atoms with van der Waals surface area (Å²) in [6, 6.07) is 0. The minimum absolute atomic E-state index is 0.874. The van der Waals surface area contributed by atoms with Crippen LogP contribution in [0, 0.1) is 11.8 Å². The zero-order valence-electron chi connectivity index (χ0n) is 13.5. The normalized spacial score (nSPS) is 18.3. The fraction of sp³-hybridized carbons (Fsp3) is 1.00. The van der Waals surface area contributed by atoms with Crippen molar-refractivity contribution in [3.63, 3.8) is 0 Å². The molecular formula is C16H36N2. The minimum atomic E-state index is 0.874. The molecule has 0 aromatic rings. The van der Waals surface area contributed by atoms with Crippen molar-refractivity contribution in [3.8, 4) is 0 Å². The lowest BCUT2D eigenvalue weighted by molar-refractivity contribution is 0.202. The molecule has 0 bridgehead atoms. The first kappa shape index (κ1) is 17.9. The van der Waals surface area contributed by atoms with Crippen LogP contribution in [-0.2, 0) is 0 Å². The van der Waals surface area contributed by atoms with Crippen LogP contribution < -0.4 is 5.32 Å². The molecule has 0 radical (unpaired) electrons. The molecule has 1 heterocycles. The molecule has 0 aromatic carbocycles. The van der Waals surface area contributed by atoms with Crippen LogP contribution in [0.3, 0.4) is 0 Å². The van der Waals surface area contributed by atoms with E-state index < -0.39 is 0 Å². The second kappa shape index (κ2) is 12.0. The van der Waals surface area contributed by atoms with E-state index in [0.29, 0.717) is 0 Å². The lowest BCUT2D eigenvalue weighted by Crippen LogP contribution is -2.45. The fourth-order valence-electron chi connectivity index (χ4n) is 2.64. The maximum absolute atomic E-state index is 3.41. The first-order chi connectivity index (χ1) is 8.76. The Morgan fingerprint density at radius 1 is 1.00 bits per heavy atom. The molecule has 1 atom stereocenters. The van der Waals surface area contributed by atoms with Crippen LogP contribution in [0.25, 0.3) is 0 Å². The largest absolute Gasteiger partial charge is 0.314 e. The molecule has 0 saturated carbocycles. The SMILES string of the molecule is CC.CCC(CC)CC[C@@H](C)CN1CCNCC1. The van der Waals surface area contributed by atoms with Gasteiger partial charge in [-0.1, -0.05) is 53.9 Å². The maximum Gasteiger partial charge on any atom is 0.0107 e. The van der Waals surface area contributed by atoms with E-state index in [1.165, 1.54) is 58.4 Å². The van der Waals surface area contributed by atoms with Gasteiger partial charge in [0, 0.05) is 32.7 Å². The Morgan fingerprint density at radius 2 is 1.56 bits per heavy atom. The number of nitrogens with one attached hydrogen (secondary N) is 1. The highest BCUT2D eigenvalue weighted by atomic mass is 15.2. The van der Waals surface area contributed by atoms with E-state index in [2.05, 4.69) is 31.0 Å². The predicted molar refractivity (Wildman–Crippen MR) is 83.1 cm³/mol. The first-order valence-corrected chi connectivity index (χ1v) is 8.19. The summed E-state index contributed by atoms with van der Waals surface area (Å²) in [5.41, 5.74) is 0. The molecule has 1 aliphatic heterocycles. The molecule has 110 valence electrons. The van der Waals surface area contributed by atoms with E-state index in [1.54, 1.807) is 0 Å². The van der Waals surface area contributed by atoms with Crippen LogP contribution in [0.15, 0.2) is 0 Å². The van der Waals surface area contributed by atoms with Gasteiger partial charge in [-0.15, -0.1) is 0 Å². The second-order valence-electron chi connectivity index (χ2n) is 5.42. The molecule has 0 aromatic heterocycles. The number of hydrogen-bond donors (Lipinski definition) is 1. The average Bonchev–Trinajstić information content (AvgIpc) is 2.43. The van der Waals surface area contributed by atoms with Crippen LogP contribution in [-0.4, -0.2) is 37.6 Å². The quantitative estimate of drug-likeness (QED) is 0.746. The van der Waals surface area contributed by atoms with E-state index in [9.17, 15) is 0 Å². The van der Waals surface area contributed by atoms with Crippen molar-refractivity contribution >= 4 is 0 Å². The van der Waals surface area contributed by atoms with Gasteiger partial charge >= 0.3 is 0 Å². The van der Waals surface area contributed by atoms with Crippen molar-refractivity contribution < 1.29 is 0 Å². The highest BCUT2D eigenvalue weighted by Gasteiger charge is 2.14. The smallest absolute Gasteiger partial charge is 0.0107 e. The van der Waals surface area contributed by atoms with E-state index in [1.807, 2.05) is 13.8 Å². The predicted octanol–water partition coefficient (Wildman–Crippen LogP) is 3.77. The standard InChI is InChI=1S/C14H30N2.C2H6/c1-4-14(5-2)7-6-13(3)12-16-10-8-15-9-11-16;1-2/h13-15H,4-12H2,1-3H3;1-2H3/t13-;/m1./s1. The third-order valence-electron chi connectivity index (χ3n) is 4.00. The highest BCUT2D eigenvalue weighted by Crippen LogP contribution is 2.19. The van der Waals surface area contributed by atoms with Crippen molar-refractivity contribution in [3.05, 3.63) is 0 Å². The van der Waals surface area contributed by atoms with Crippen LogP contribution in [0.5, 0.6) is 0 Å². The van der Waals surface area contributed by atoms with Gasteiger partial charge in [-0.05, 0) is 18.3 Å². The number of hydrogen-bond acceptors (Lipinski definition) is 2. The molecule has 1 aliphatic rings. The molecule has 18 heavy (non-hydrogen) atoms. The van der Waals surface area contributed by atoms with Crippen LogP contribution in [0.1, 0.15) is 60.3 Å². The van der Waals surface area contributed by atoms with Gasteiger partial charge in [0.05, 0.1) is 0 Å². The molecule has 2 heteroatoms. The summed E-state index contributed by atoms with van der Waals surface area (Å²) in [5, 5.41) is 3.41. The molecule has 2 nitrogen and oxygen atoms in total. The lowest BCUT2D eigenvalue weighted by Gasteiger charge is -2.30. The molecule has 1 saturated heterocycles. The van der Waals surface area contributed by atoms with Gasteiger partial charge in [-0.25, -0.2) is 0 Å². The summed E-state index contributed by atoms with van der Waals surface area (Å²) in [6.45, 7) is 17.2. The zero-order valence-corrected chi connectivity index (χ0v) is 13.5. The Labute approximate surface area is 116 Å². The van der Waals surface area contributed by atoms with E-state index in [0.717, 1.165) is 11.8 Å². The average molecular weight is 256 g/mol. The van der Waals surface area contributed by atoms with Gasteiger partial charge in [0.2, 0.25) is 0 Å². The van der Waals surface area contributed by atoms with Gasteiger partial charge < -0.3 is 10.2 Å². The van der Waals surface area contributed by atoms with Gasteiger partial charge in [0.1, 0.15) is 0 Å². The Kier molecular flexibility index (Phi) is 11.9.